The SMILES string of the molecule is C[C@@H]1CN(Cc2ccc(COc3cscc3-c3cn(C4CCC(=O)NC4=O)nn3)cc2)C[C@H](C)O1. The third-order valence-electron chi connectivity index (χ3n) is 6.26. The van der Waals surface area contributed by atoms with Crippen LogP contribution in [0, 0.1) is 0 Å². The average molecular weight is 496 g/mol. The molecule has 0 bridgehead atoms. The minimum atomic E-state index is -0.528. The molecule has 0 saturated carbocycles. The largest absolute Gasteiger partial charge is 0.487 e. The van der Waals surface area contributed by atoms with Crippen molar-refractivity contribution in [3.63, 3.8) is 0 Å². The number of thiophene rings is 1. The van der Waals surface area contributed by atoms with Crippen LogP contribution in [0.3, 0.4) is 0 Å². The number of carbonyl (C=O) groups excluding carboxylic acids is 2. The number of amides is 2. The summed E-state index contributed by atoms with van der Waals surface area (Å²) in [6.07, 6.45) is 2.97. The topological polar surface area (TPSA) is 98.6 Å². The molecular formula is C25H29N5O4S. The molecule has 3 atom stereocenters. The van der Waals surface area contributed by atoms with Crippen molar-refractivity contribution in [1.29, 1.82) is 0 Å². The smallest absolute Gasteiger partial charge is 0.251 e. The van der Waals surface area contributed by atoms with E-state index in [1.54, 1.807) is 6.20 Å². The second-order valence-corrected chi connectivity index (χ2v) is 10.0. The molecular weight excluding hydrogens is 466 g/mol. The van der Waals surface area contributed by atoms with Gasteiger partial charge in [-0.25, -0.2) is 4.68 Å². The molecule has 10 heteroatoms. The fourth-order valence-electron chi connectivity index (χ4n) is 4.64. The third-order valence-corrected chi connectivity index (χ3v) is 6.98. The lowest BCUT2D eigenvalue weighted by molar-refractivity contribution is -0.136. The molecule has 2 fully saturated rings. The zero-order valence-corrected chi connectivity index (χ0v) is 20.7. The molecule has 35 heavy (non-hydrogen) atoms. The van der Waals surface area contributed by atoms with Gasteiger partial charge in [0.05, 0.1) is 24.0 Å². The van der Waals surface area contributed by atoms with Gasteiger partial charge in [-0.05, 0) is 31.4 Å². The molecule has 1 unspecified atom stereocenters. The maximum atomic E-state index is 12.1. The number of ether oxygens (including phenoxy) is 2. The Morgan fingerprint density at radius 2 is 1.86 bits per heavy atom. The van der Waals surface area contributed by atoms with E-state index >= 15 is 0 Å². The van der Waals surface area contributed by atoms with Crippen molar-refractivity contribution in [1.82, 2.24) is 25.2 Å². The first-order valence-electron chi connectivity index (χ1n) is 11.8. The molecule has 2 amide bonds. The second kappa shape index (κ2) is 10.3. The van der Waals surface area contributed by atoms with Gasteiger partial charge >= 0.3 is 0 Å². The molecule has 2 aliphatic rings. The Hall–Kier alpha value is -3.08. The summed E-state index contributed by atoms with van der Waals surface area (Å²) in [7, 11) is 0. The Labute approximate surface area is 208 Å². The van der Waals surface area contributed by atoms with E-state index in [0.29, 0.717) is 25.1 Å². The van der Waals surface area contributed by atoms with Crippen molar-refractivity contribution in [2.75, 3.05) is 13.1 Å². The highest BCUT2D eigenvalue weighted by Crippen LogP contribution is 2.33. The molecule has 0 spiro atoms. The molecule has 0 radical (unpaired) electrons. The van der Waals surface area contributed by atoms with E-state index in [1.807, 2.05) is 10.8 Å². The summed E-state index contributed by atoms with van der Waals surface area (Å²) in [5, 5.41) is 14.6. The van der Waals surface area contributed by atoms with Crippen molar-refractivity contribution in [3.8, 4) is 17.0 Å². The summed E-state index contributed by atoms with van der Waals surface area (Å²) >= 11 is 1.52. The first-order chi connectivity index (χ1) is 16.9. The lowest BCUT2D eigenvalue weighted by Crippen LogP contribution is -2.44. The predicted octanol–water partition coefficient (Wildman–Crippen LogP) is 3.17. The molecule has 0 aliphatic carbocycles. The van der Waals surface area contributed by atoms with E-state index in [-0.39, 0.29) is 24.0 Å². The minimum Gasteiger partial charge on any atom is -0.487 e. The highest BCUT2D eigenvalue weighted by Gasteiger charge is 2.29. The van der Waals surface area contributed by atoms with E-state index in [2.05, 4.69) is 58.6 Å². The van der Waals surface area contributed by atoms with Gasteiger partial charge in [0.15, 0.2) is 0 Å². The number of hydrogen-bond acceptors (Lipinski definition) is 8. The molecule has 2 aliphatic heterocycles. The molecule has 9 nitrogen and oxygen atoms in total. The minimum absolute atomic E-state index is 0.251. The maximum Gasteiger partial charge on any atom is 0.251 e. The van der Waals surface area contributed by atoms with Gasteiger partial charge in [-0.3, -0.25) is 19.8 Å². The van der Waals surface area contributed by atoms with Gasteiger partial charge in [0.2, 0.25) is 5.91 Å². The van der Waals surface area contributed by atoms with Gasteiger partial charge in [0, 0.05) is 36.8 Å². The van der Waals surface area contributed by atoms with Crippen LogP contribution < -0.4 is 10.1 Å². The van der Waals surface area contributed by atoms with Crippen molar-refractivity contribution in [2.24, 2.45) is 0 Å². The molecule has 2 aromatic heterocycles. The highest BCUT2D eigenvalue weighted by atomic mass is 32.1. The van der Waals surface area contributed by atoms with Gasteiger partial charge < -0.3 is 9.47 Å². The van der Waals surface area contributed by atoms with Crippen LogP contribution in [0.25, 0.3) is 11.3 Å². The number of aromatic nitrogens is 3. The number of morpholine rings is 1. The van der Waals surface area contributed by atoms with Crippen molar-refractivity contribution < 1.29 is 19.1 Å². The monoisotopic (exact) mass is 495 g/mol. The van der Waals surface area contributed by atoms with E-state index in [1.165, 1.54) is 21.6 Å². The Balaban J connectivity index is 1.19. The van der Waals surface area contributed by atoms with Gasteiger partial charge in [-0.15, -0.1) is 16.4 Å². The molecule has 184 valence electrons. The summed E-state index contributed by atoms with van der Waals surface area (Å²) < 4.78 is 13.5. The zero-order valence-electron chi connectivity index (χ0n) is 19.8. The number of rotatable bonds is 7. The normalized spacial score (nSPS) is 23.3. The van der Waals surface area contributed by atoms with E-state index in [0.717, 1.165) is 36.5 Å². The van der Waals surface area contributed by atoms with Crippen LogP contribution >= 0.6 is 11.3 Å². The van der Waals surface area contributed by atoms with E-state index in [9.17, 15) is 9.59 Å². The fraction of sp³-hybridized carbons (Fsp3) is 0.440. The molecule has 3 aromatic rings. The van der Waals surface area contributed by atoms with Gasteiger partial charge in [0.1, 0.15) is 24.1 Å². The maximum absolute atomic E-state index is 12.1. The Bertz CT molecular complexity index is 1180. The van der Waals surface area contributed by atoms with E-state index in [4.69, 9.17) is 9.47 Å². The summed E-state index contributed by atoms with van der Waals surface area (Å²) in [5.74, 6) is 0.129. The average Bonchev–Trinajstić information content (AvgIpc) is 3.47. The second-order valence-electron chi connectivity index (χ2n) is 9.26. The van der Waals surface area contributed by atoms with Crippen LogP contribution in [0.4, 0.5) is 0 Å². The van der Waals surface area contributed by atoms with Gasteiger partial charge in [0.25, 0.3) is 5.91 Å². The lowest BCUT2D eigenvalue weighted by atomic mass is 10.1. The quantitative estimate of drug-likeness (QED) is 0.503. The van der Waals surface area contributed by atoms with E-state index < -0.39 is 6.04 Å². The highest BCUT2D eigenvalue weighted by molar-refractivity contribution is 7.08. The van der Waals surface area contributed by atoms with Crippen molar-refractivity contribution >= 4 is 23.2 Å². The number of nitrogens with zero attached hydrogens (tertiary/aromatic N) is 4. The Morgan fingerprint density at radius 1 is 1.11 bits per heavy atom. The zero-order chi connectivity index (χ0) is 24.4. The standard InChI is InChI=1S/C25H29N5O4S/c1-16-9-29(10-17(2)34-16)11-18-3-5-19(6-4-18)13-33-23-15-35-14-20(23)21-12-30(28-27-21)22-7-8-24(31)26-25(22)32/h3-6,12,14-17,22H,7-11,13H2,1-2H3,(H,26,31,32)/t16-,17+,22?. The van der Waals surface area contributed by atoms with Gasteiger partial charge in [-0.2, -0.15) is 0 Å². The summed E-state index contributed by atoms with van der Waals surface area (Å²) in [5.41, 5.74) is 3.83. The molecule has 5 rings (SSSR count). The summed E-state index contributed by atoms with van der Waals surface area (Å²) in [6.45, 7) is 7.50. The number of benzene rings is 1. The van der Waals surface area contributed by atoms with Crippen LogP contribution in [-0.2, 0) is 27.5 Å². The number of piperidine rings is 1. The molecule has 1 N–H and O–H groups in total. The number of nitrogens with one attached hydrogen (secondary N) is 1. The number of carbonyl (C=O) groups is 2. The molecule has 4 heterocycles. The molecule has 2 saturated heterocycles. The van der Waals surface area contributed by atoms with Crippen molar-refractivity contribution in [3.05, 3.63) is 52.3 Å². The number of imide groups is 1. The fourth-order valence-corrected chi connectivity index (χ4v) is 5.40. The van der Waals surface area contributed by atoms with Crippen LogP contribution in [0.2, 0.25) is 0 Å². The summed E-state index contributed by atoms with van der Waals surface area (Å²) in [4.78, 5) is 26.0. The first-order valence-corrected chi connectivity index (χ1v) is 12.8. The Morgan fingerprint density at radius 3 is 2.60 bits per heavy atom. The van der Waals surface area contributed by atoms with Crippen LogP contribution in [0.1, 0.15) is 43.9 Å². The number of hydrogen-bond donors (Lipinski definition) is 1. The van der Waals surface area contributed by atoms with Crippen LogP contribution in [0.5, 0.6) is 5.75 Å². The summed E-state index contributed by atoms with van der Waals surface area (Å²) in [6, 6.07) is 7.99. The molecule has 1 aromatic carbocycles. The van der Waals surface area contributed by atoms with Crippen LogP contribution in [-0.4, -0.2) is 57.0 Å². The van der Waals surface area contributed by atoms with Crippen LogP contribution in [0.15, 0.2) is 41.2 Å². The predicted molar refractivity (Wildman–Crippen MR) is 131 cm³/mol. The lowest BCUT2D eigenvalue weighted by Gasteiger charge is -2.35. The van der Waals surface area contributed by atoms with Crippen molar-refractivity contribution in [2.45, 2.75) is 58.1 Å². The first kappa shape index (κ1) is 23.7. The Kier molecular flexibility index (Phi) is 6.94. The van der Waals surface area contributed by atoms with Gasteiger partial charge in [-0.1, -0.05) is 29.5 Å². The third kappa shape index (κ3) is 5.61.